The van der Waals surface area contributed by atoms with Crippen LogP contribution in [-0.4, -0.2) is 38.6 Å². The minimum atomic E-state index is -1.08. The van der Waals surface area contributed by atoms with E-state index in [2.05, 4.69) is 0 Å². The molecule has 0 saturated carbocycles. The molecule has 0 aromatic heterocycles. The molecular formula is C4H13NaO7. The molecule has 0 aliphatic heterocycles. The molecule has 0 aliphatic rings. The topological polar surface area (TPSA) is 169 Å². The van der Waals surface area contributed by atoms with E-state index in [1.807, 2.05) is 0 Å². The molecule has 0 atom stereocenters. The van der Waals surface area contributed by atoms with E-state index in [0.29, 0.717) is 0 Å². The third-order valence-corrected chi connectivity index (χ3v) is 0.553. The van der Waals surface area contributed by atoms with Crippen molar-refractivity contribution in [2.45, 2.75) is 12.8 Å². The molecule has 72 valence electrons. The fraction of sp³-hybridized carbons (Fsp3) is 0.500. The first kappa shape index (κ1) is 29.8. The second kappa shape index (κ2) is 17.1. The molecule has 0 heterocycles. The van der Waals surface area contributed by atoms with E-state index >= 15 is 0 Å². The van der Waals surface area contributed by atoms with Crippen molar-refractivity contribution in [3.63, 3.8) is 0 Å². The maximum atomic E-state index is 9.64. The molecule has 12 heavy (non-hydrogen) atoms. The SMILES string of the molecule is O.O.O.O=C(O)CCC(=O)O.[H-].[Na+]. The summed E-state index contributed by atoms with van der Waals surface area (Å²) in [6, 6.07) is 0. The number of carboxylic acids is 2. The fourth-order valence-electron chi connectivity index (χ4n) is 0.214. The van der Waals surface area contributed by atoms with E-state index in [0.717, 1.165) is 0 Å². The third-order valence-electron chi connectivity index (χ3n) is 0.553. The van der Waals surface area contributed by atoms with Crippen molar-refractivity contribution in [1.29, 1.82) is 0 Å². The maximum absolute atomic E-state index is 9.64. The van der Waals surface area contributed by atoms with Crippen LogP contribution < -0.4 is 29.6 Å². The summed E-state index contributed by atoms with van der Waals surface area (Å²) in [6.45, 7) is 0. The van der Waals surface area contributed by atoms with Crippen LogP contribution in [0.3, 0.4) is 0 Å². The Morgan fingerprint density at radius 3 is 1.17 bits per heavy atom. The van der Waals surface area contributed by atoms with Crippen molar-refractivity contribution >= 4 is 11.9 Å². The van der Waals surface area contributed by atoms with Gasteiger partial charge in [0.25, 0.3) is 0 Å². The first-order chi connectivity index (χ1) is 3.63. The Hall–Kier alpha value is -0.180. The first-order valence-electron chi connectivity index (χ1n) is 2.06. The zero-order valence-electron chi connectivity index (χ0n) is 7.63. The molecule has 0 aliphatic carbocycles. The molecule has 0 bridgehead atoms. The summed E-state index contributed by atoms with van der Waals surface area (Å²) in [7, 11) is 0. The predicted molar refractivity (Wildman–Crippen MR) is 36.5 cm³/mol. The van der Waals surface area contributed by atoms with Crippen molar-refractivity contribution in [2.75, 3.05) is 0 Å². The summed E-state index contributed by atoms with van der Waals surface area (Å²) in [4.78, 5) is 19.3. The standard InChI is InChI=1S/C4H6O4.Na.3H2O.H/c5-3(6)1-2-4(7)8;;;;;/h1-2H2,(H,5,6)(H,7,8);;3*1H2;/q;+1;;;;-1. The van der Waals surface area contributed by atoms with Gasteiger partial charge in [-0.15, -0.1) is 0 Å². The van der Waals surface area contributed by atoms with Crippen LogP contribution in [0.15, 0.2) is 0 Å². The zero-order chi connectivity index (χ0) is 6.57. The Balaban J connectivity index is -0.0000000245. The van der Waals surface area contributed by atoms with E-state index < -0.39 is 11.9 Å². The summed E-state index contributed by atoms with van der Waals surface area (Å²) in [6.07, 6.45) is -0.593. The normalized spacial score (nSPS) is 5.67. The Labute approximate surface area is 92.1 Å². The van der Waals surface area contributed by atoms with Gasteiger partial charge >= 0.3 is 41.5 Å². The molecule has 8 N–H and O–H groups in total. The van der Waals surface area contributed by atoms with E-state index in [1.165, 1.54) is 0 Å². The van der Waals surface area contributed by atoms with E-state index in [1.54, 1.807) is 0 Å². The Morgan fingerprint density at radius 2 is 1.08 bits per heavy atom. The van der Waals surface area contributed by atoms with Crippen molar-refractivity contribution in [1.82, 2.24) is 0 Å². The molecule has 0 amide bonds. The van der Waals surface area contributed by atoms with Gasteiger partial charge in [0.05, 0.1) is 12.8 Å². The number of aliphatic carboxylic acids is 2. The summed E-state index contributed by atoms with van der Waals surface area (Å²) in [5.41, 5.74) is 0. The number of hydrogen-bond acceptors (Lipinski definition) is 2. The van der Waals surface area contributed by atoms with Crippen LogP contribution in [0.1, 0.15) is 14.3 Å². The van der Waals surface area contributed by atoms with Crippen LogP contribution in [0, 0.1) is 0 Å². The molecule has 0 saturated heterocycles. The second-order valence-corrected chi connectivity index (χ2v) is 1.29. The van der Waals surface area contributed by atoms with Crippen molar-refractivity contribution < 1.29 is 67.2 Å². The molecule has 0 fully saturated rings. The average molecular weight is 196 g/mol. The first-order valence-corrected chi connectivity index (χ1v) is 2.06. The number of carbonyl (C=O) groups is 2. The summed E-state index contributed by atoms with van der Waals surface area (Å²) < 4.78 is 0. The monoisotopic (exact) mass is 196 g/mol. The number of hydrogen-bond donors (Lipinski definition) is 2. The van der Waals surface area contributed by atoms with Gasteiger partial charge in [-0.05, 0) is 0 Å². The van der Waals surface area contributed by atoms with Crippen LogP contribution >= 0.6 is 0 Å². The fourth-order valence-corrected chi connectivity index (χ4v) is 0.214. The second-order valence-electron chi connectivity index (χ2n) is 1.29. The van der Waals surface area contributed by atoms with Gasteiger partial charge in [-0.3, -0.25) is 9.59 Å². The maximum Gasteiger partial charge on any atom is 1.00 e. The molecular weight excluding hydrogens is 183 g/mol. The van der Waals surface area contributed by atoms with Crippen molar-refractivity contribution in [3.05, 3.63) is 0 Å². The van der Waals surface area contributed by atoms with Crippen LogP contribution in [0.5, 0.6) is 0 Å². The van der Waals surface area contributed by atoms with Crippen molar-refractivity contribution in [3.8, 4) is 0 Å². The predicted octanol–water partition coefficient (Wildman–Crippen LogP) is -5.42. The Kier molecular flexibility index (Phi) is 42.3. The van der Waals surface area contributed by atoms with Crippen molar-refractivity contribution in [2.24, 2.45) is 0 Å². The summed E-state index contributed by atoms with van der Waals surface area (Å²) in [5.74, 6) is -2.15. The molecule has 0 aromatic carbocycles. The zero-order valence-corrected chi connectivity index (χ0v) is 8.63. The van der Waals surface area contributed by atoms with Crippen LogP contribution in [-0.2, 0) is 9.59 Å². The molecule has 0 rings (SSSR count). The quantitative estimate of drug-likeness (QED) is 0.429. The van der Waals surface area contributed by atoms with Gasteiger partial charge < -0.3 is 28.1 Å². The van der Waals surface area contributed by atoms with Gasteiger partial charge in [0.2, 0.25) is 0 Å². The van der Waals surface area contributed by atoms with Gasteiger partial charge in [0, 0.05) is 0 Å². The van der Waals surface area contributed by atoms with Crippen LogP contribution in [0.25, 0.3) is 0 Å². The van der Waals surface area contributed by atoms with E-state index in [-0.39, 0.29) is 60.3 Å². The minimum Gasteiger partial charge on any atom is -1.00 e. The van der Waals surface area contributed by atoms with Crippen LogP contribution in [0.4, 0.5) is 0 Å². The molecule has 0 unspecified atom stereocenters. The van der Waals surface area contributed by atoms with Gasteiger partial charge in [-0.1, -0.05) is 0 Å². The molecule has 0 spiro atoms. The molecule has 8 heteroatoms. The van der Waals surface area contributed by atoms with Gasteiger partial charge in [0.1, 0.15) is 0 Å². The largest absolute Gasteiger partial charge is 1.00 e. The van der Waals surface area contributed by atoms with Gasteiger partial charge in [-0.25, -0.2) is 0 Å². The van der Waals surface area contributed by atoms with Gasteiger partial charge in [0.15, 0.2) is 0 Å². The Morgan fingerprint density at radius 1 is 0.917 bits per heavy atom. The van der Waals surface area contributed by atoms with E-state index in [4.69, 9.17) is 10.2 Å². The van der Waals surface area contributed by atoms with Crippen LogP contribution in [0.2, 0.25) is 0 Å². The smallest absolute Gasteiger partial charge is 1.00 e. The number of rotatable bonds is 3. The van der Waals surface area contributed by atoms with E-state index in [9.17, 15) is 9.59 Å². The van der Waals surface area contributed by atoms with Gasteiger partial charge in [-0.2, -0.15) is 0 Å². The number of carboxylic acid groups (broad SMARTS) is 2. The molecule has 0 aromatic rings. The minimum absolute atomic E-state index is 0. The Bertz CT molecular complexity index is 105. The average Bonchev–Trinajstić information content (AvgIpc) is 1.61. The summed E-state index contributed by atoms with van der Waals surface area (Å²) in [5, 5.41) is 15.8. The molecule has 7 nitrogen and oxygen atoms in total. The third kappa shape index (κ3) is 32.9. The molecule has 0 radical (unpaired) electrons. The summed E-state index contributed by atoms with van der Waals surface area (Å²) >= 11 is 0.